The number of carbonyl (C=O) groups excluding carboxylic acids is 1. The third-order valence-corrected chi connectivity index (χ3v) is 4.87. The van der Waals surface area contributed by atoms with Crippen LogP contribution < -0.4 is 14.8 Å². The molecule has 4 rings (SSSR count). The quantitative estimate of drug-likeness (QED) is 0.380. The maximum absolute atomic E-state index is 12.4. The maximum Gasteiger partial charge on any atom is 0.573 e. The van der Waals surface area contributed by atoms with E-state index in [0.717, 1.165) is 53.6 Å². The summed E-state index contributed by atoms with van der Waals surface area (Å²) in [5.41, 5.74) is 1.60. The zero-order chi connectivity index (χ0) is 24.8. The van der Waals surface area contributed by atoms with E-state index in [-0.39, 0.29) is 11.9 Å². The first-order chi connectivity index (χ1) is 16.1. The van der Waals surface area contributed by atoms with Gasteiger partial charge < -0.3 is 14.8 Å². The number of aromatic nitrogens is 1. The lowest BCUT2D eigenvalue weighted by molar-refractivity contribution is -0.274. The highest BCUT2D eigenvalue weighted by Gasteiger charge is 2.31. The average molecular weight is 486 g/mol. The van der Waals surface area contributed by atoms with Crippen LogP contribution in [-0.4, -0.2) is 43.0 Å². The molecule has 0 bridgehead atoms. The number of halogens is 6. The molecule has 0 saturated carbocycles. The zero-order valence-corrected chi connectivity index (χ0v) is 17.6. The Kier molecular flexibility index (Phi) is 7.98. The van der Waals surface area contributed by atoms with Gasteiger partial charge in [-0.25, -0.2) is 0 Å². The highest BCUT2D eigenvalue weighted by molar-refractivity contribution is 5.99. The minimum Gasteiger partial charge on any atom is -0.490 e. The molecule has 1 fully saturated rings. The molecule has 1 aliphatic heterocycles. The lowest BCUT2D eigenvalue weighted by Gasteiger charge is -2.25. The SMILES string of the molecule is FC(F)(F)Oc1ccc(-c2c(OC3CCNCC3)ccc3cnccc23)cc1.O=CC(F)(F)F. The van der Waals surface area contributed by atoms with Crippen LogP contribution in [0.5, 0.6) is 11.5 Å². The van der Waals surface area contributed by atoms with Crippen LogP contribution in [0.25, 0.3) is 21.9 Å². The number of fused-ring (bicyclic) bond motifs is 1. The van der Waals surface area contributed by atoms with Gasteiger partial charge in [-0.3, -0.25) is 9.78 Å². The Morgan fingerprint density at radius 1 is 0.941 bits per heavy atom. The van der Waals surface area contributed by atoms with E-state index in [1.807, 2.05) is 18.2 Å². The first-order valence-electron chi connectivity index (χ1n) is 10.2. The number of nitrogens with one attached hydrogen (secondary N) is 1. The molecule has 5 nitrogen and oxygen atoms in total. The number of pyridine rings is 1. The molecule has 0 aliphatic carbocycles. The number of nitrogens with zero attached hydrogens (tertiary/aromatic N) is 1. The molecule has 3 aromatic rings. The number of carbonyl (C=O) groups is 1. The lowest BCUT2D eigenvalue weighted by atomic mass is 9.98. The van der Waals surface area contributed by atoms with Gasteiger partial charge >= 0.3 is 12.5 Å². The number of piperidine rings is 1. The Morgan fingerprint density at radius 3 is 2.18 bits per heavy atom. The molecule has 1 N–H and O–H groups in total. The number of alkyl halides is 6. The van der Waals surface area contributed by atoms with E-state index in [1.54, 1.807) is 24.5 Å². The van der Waals surface area contributed by atoms with Crippen LogP contribution in [0.3, 0.4) is 0 Å². The molecule has 0 amide bonds. The number of hydrogen-bond acceptors (Lipinski definition) is 5. The van der Waals surface area contributed by atoms with Gasteiger partial charge in [-0.05, 0) is 67.2 Å². The van der Waals surface area contributed by atoms with Gasteiger partial charge in [0.05, 0.1) is 0 Å². The van der Waals surface area contributed by atoms with E-state index in [0.29, 0.717) is 0 Å². The fraction of sp³-hybridized carbons (Fsp3) is 0.304. The normalized spacial score (nSPS) is 14.8. The van der Waals surface area contributed by atoms with Gasteiger partial charge in [0, 0.05) is 23.3 Å². The molecule has 34 heavy (non-hydrogen) atoms. The highest BCUT2D eigenvalue weighted by atomic mass is 19.4. The summed E-state index contributed by atoms with van der Waals surface area (Å²) in [6, 6.07) is 11.6. The van der Waals surface area contributed by atoms with Gasteiger partial charge in [0.25, 0.3) is 0 Å². The third-order valence-electron chi connectivity index (χ3n) is 4.87. The van der Waals surface area contributed by atoms with E-state index in [1.165, 1.54) is 12.1 Å². The minimum atomic E-state index is -4.71. The molecule has 2 aromatic carbocycles. The molecule has 1 aliphatic rings. The molecule has 1 saturated heterocycles. The van der Waals surface area contributed by atoms with Crippen molar-refractivity contribution < 1.29 is 40.6 Å². The topological polar surface area (TPSA) is 60.5 Å². The fourth-order valence-electron chi connectivity index (χ4n) is 3.46. The van der Waals surface area contributed by atoms with Crippen molar-refractivity contribution in [3.63, 3.8) is 0 Å². The summed E-state index contributed by atoms with van der Waals surface area (Å²) >= 11 is 0. The van der Waals surface area contributed by atoms with Crippen molar-refractivity contribution in [3.05, 3.63) is 54.9 Å². The second kappa shape index (κ2) is 10.7. The van der Waals surface area contributed by atoms with Gasteiger partial charge in [-0.2, -0.15) is 13.2 Å². The van der Waals surface area contributed by atoms with Crippen molar-refractivity contribution >= 4 is 17.1 Å². The van der Waals surface area contributed by atoms with Crippen LogP contribution in [0.1, 0.15) is 12.8 Å². The van der Waals surface area contributed by atoms with Crippen molar-refractivity contribution in [2.75, 3.05) is 13.1 Å². The van der Waals surface area contributed by atoms with Crippen molar-refractivity contribution in [2.45, 2.75) is 31.5 Å². The van der Waals surface area contributed by atoms with Crippen molar-refractivity contribution in [2.24, 2.45) is 0 Å². The van der Waals surface area contributed by atoms with Crippen LogP contribution in [0.4, 0.5) is 26.3 Å². The lowest BCUT2D eigenvalue weighted by Crippen LogP contribution is -2.34. The molecular formula is C23H20F6N2O3. The van der Waals surface area contributed by atoms with E-state index in [9.17, 15) is 26.3 Å². The summed E-state index contributed by atoms with van der Waals surface area (Å²) < 4.78 is 78.9. The summed E-state index contributed by atoms with van der Waals surface area (Å²) in [6.07, 6.45) is -5.04. The molecule has 0 radical (unpaired) electrons. The van der Waals surface area contributed by atoms with Gasteiger partial charge in [0.15, 0.2) is 0 Å². The summed E-state index contributed by atoms with van der Waals surface area (Å²) in [7, 11) is 0. The molecule has 2 heterocycles. The van der Waals surface area contributed by atoms with Gasteiger partial charge in [-0.1, -0.05) is 12.1 Å². The Balaban J connectivity index is 0.000000481. The van der Waals surface area contributed by atoms with Crippen molar-refractivity contribution in [1.29, 1.82) is 0 Å². The van der Waals surface area contributed by atoms with Crippen LogP contribution >= 0.6 is 0 Å². The average Bonchev–Trinajstić information content (AvgIpc) is 2.79. The largest absolute Gasteiger partial charge is 0.573 e. The Morgan fingerprint density at radius 2 is 1.59 bits per heavy atom. The van der Waals surface area contributed by atoms with Gasteiger partial charge in [0.2, 0.25) is 6.29 Å². The van der Waals surface area contributed by atoms with E-state index in [4.69, 9.17) is 9.53 Å². The van der Waals surface area contributed by atoms with E-state index in [2.05, 4.69) is 15.0 Å². The van der Waals surface area contributed by atoms with Crippen LogP contribution in [0.15, 0.2) is 54.9 Å². The first kappa shape index (κ1) is 25.3. The predicted octanol–water partition coefficient (Wildman–Crippen LogP) is 5.68. The Hall–Kier alpha value is -3.34. The third kappa shape index (κ3) is 7.34. The van der Waals surface area contributed by atoms with Gasteiger partial charge in [0.1, 0.15) is 17.6 Å². The van der Waals surface area contributed by atoms with Gasteiger partial charge in [-0.15, -0.1) is 13.2 Å². The standard InChI is InChI=1S/C21H19F3N2O2.C2HF3O/c22-21(23,24)28-17-4-1-14(2-5-17)20-18-9-12-26-13-15(18)3-6-19(20)27-16-7-10-25-11-8-16;3-2(4,5)1-6/h1-6,9,12-13,16,25H,7-8,10-11H2;1H. The molecule has 0 spiro atoms. The number of benzene rings is 2. The fourth-order valence-corrected chi connectivity index (χ4v) is 3.46. The first-order valence-corrected chi connectivity index (χ1v) is 10.2. The molecular weight excluding hydrogens is 466 g/mol. The van der Waals surface area contributed by atoms with Crippen LogP contribution in [-0.2, 0) is 4.79 Å². The number of hydrogen-bond donors (Lipinski definition) is 1. The summed E-state index contributed by atoms with van der Waals surface area (Å²) in [5, 5.41) is 5.18. The molecule has 0 unspecified atom stereocenters. The molecule has 0 atom stereocenters. The summed E-state index contributed by atoms with van der Waals surface area (Å²) in [4.78, 5) is 12.9. The molecule has 182 valence electrons. The second-order valence-electron chi connectivity index (χ2n) is 7.33. The smallest absolute Gasteiger partial charge is 0.490 e. The molecule has 11 heteroatoms. The highest BCUT2D eigenvalue weighted by Crippen LogP contribution is 2.39. The minimum absolute atomic E-state index is 0.104. The summed E-state index contributed by atoms with van der Waals surface area (Å²) in [5.74, 6) is 0.467. The zero-order valence-electron chi connectivity index (χ0n) is 17.6. The van der Waals surface area contributed by atoms with Crippen LogP contribution in [0, 0.1) is 0 Å². The van der Waals surface area contributed by atoms with E-state index < -0.39 is 18.8 Å². The maximum atomic E-state index is 12.4. The van der Waals surface area contributed by atoms with Crippen molar-refractivity contribution in [3.8, 4) is 22.6 Å². The van der Waals surface area contributed by atoms with Crippen LogP contribution in [0.2, 0.25) is 0 Å². The number of ether oxygens (including phenoxy) is 2. The van der Waals surface area contributed by atoms with Crippen molar-refractivity contribution in [1.82, 2.24) is 10.3 Å². The molecule has 1 aromatic heterocycles. The number of aldehydes is 1. The summed E-state index contributed by atoms with van der Waals surface area (Å²) in [6.45, 7) is 1.81. The second-order valence-corrected chi connectivity index (χ2v) is 7.33. The monoisotopic (exact) mass is 486 g/mol. The predicted molar refractivity (Wildman–Crippen MR) is 113 cm³/mol. The number of rotatable bonds is 4. The Labute approximate surface area is 190 Å². The van der Waals surface area contributed by atoms with E-state index >= 15 is 0 Å². The Bertz CT molecular complexity index is 1090.